The van der Waals surface area contributed by atoms with Gasteiger partial charge in [0.25, 0.3) is 0 Å². The number of carbonyl (C=O) groups excluding carboxylic acids is 1. The van der Waals surface area contributed by atoms with E-state index in [2.05, 4.69) is 11.9 Å². The van der Waals surface area contributed by atoms with Crippen LogP contribution in [0.4, 0.5) is 0 Å². The summed E-state index contributed by atoms with van der Waals surface area (Å²) < 4.78 is 0. The lowest BCUT2D eigenvalue weighted by atomic mass is 9.94. The molecular weight excluding hydrogens is 220 g/mol. The Bertz CT molecular complexity index is 293. The van der Waals surface area contributed by atoms with Crippen LogP contribution in [0.1, 0.15) is 26.2 Å². The summed E-state index contributed by atoms with van der Waals surface area (Å²) in [6, 6.07) is -0.746. The van der Waals surface area contributed by atoms with Gasteiger partial charge in [0.05, 0.1) is 0 Å². The standard InChI is InChI=1S/C12H22N2O3/c1-9(12(16)17)14(3)11(15)7-10-5-4-6-13(2)8-10/h9-10H,4-8H2,1-3H3,(H,16,17). The summed E-state index contributed by atoms with van der Waals surface area (Å²) in [6.07, 6.45) is 2.64. The van der Waals surface area contributed by atoms with Gasteiger partial charge < -0.3 is 14.9 Å². The summed E-state index contributed by atoms with van der Waals surface area (Å²) in [7, 11) is 3.62. The molecule has 17 heavy (non-hydrogen) atoms. The normalized spacial score (nSPS) is 23.1. The third-order valence-corrected chi connectivity index (χ3v) is 3.52. The molecule has 0 aromatic heterocycles. The number of likely N-dealkylation sites (N-methyl/N-ethyl adjacent to an activating group) is 1. The maximum absolute atomic E-state index is 11.9. The van der Waals surface area contributed by atoms with Gasteiger partial charge >= 0.3 is 5.97 Å². The zero-order valence-corrected chi connectivity index (χ0v) is 10.8. The highest BCUT2D eigenvalue weighted by Crippen LogP contribution is 2.19. The number of amides is 1. The van der Waals surface area contributed by atoms with E-state index in [0.29, 0.717) is 12.3 Å². The average Bonchev–Trinajstić information content (AvgIpc) is 2.26. The van der Waals surface area contributed by atoms with Gasteiger partial charge in [-0.1, -0.05) is 0 Å². The van der Waals surface area contributed by atoms with Crippen molar-refractivity contribution in [2.45, 2.75) is 32.2 Å². The monoisotopic (exact) mass is 242 g/mol. The highest BCUT2D eigenvalue weighted by molar-refractivity contribution is 5.83. The van der Waals surface area contributed by atoms with Crippen LogP contribution >= 0.6 is 0 Å². The van der Waals surface area contributed by atoms with Crippen molar-refractivity contribution in [3.05, 3.63) is 0 Å². The molecule has 0 aliphatic carbocycles. The minimum Gasteiger partial charge on any atom is -0.480 e. The van der Waals surface area contributed by atoms with E-state index in [1.165, 1.54) is 11.8 Å². The van der Waals surface area contributed by atoms with Crippen molar-refractivity contribution >= 4 is 11.9 Å². The maximum Gasteiger partial charge on any atom is 0.326 e. The van der Waals surface area contributed by atoms with Crippen LogP contribution in [0.2, 0.25) is 0 Å². The molecule has 0 aromatic carbocycles. The summed E-state index contributed by atoms with van der Waals surface area (Å²) in [4.78, 5) is 26.2. The van der Waals surface area contributed by atoms with E-state index in [1.54, 1.807) is 7.05 Å². The zero-order valence-electron chi connectivity index (χ0n) is 10.8. The van der Waals surface area contributed by atoms with Crippen LogP contribution in [-0.2, 0) is 9.59 Å². The molecule has 1 rings (SSSR count). The second kappa shape index (κ2) is 6.00. The molecule has 5 nitrogen and oxygen atoms in total. The largest absolute Gasteiger partial charge is 0.480 e. The molecule has 1 N–H and O–H groups in total. The lowest BCUT2D eigenvalue weighted by molar-refractivity contribution is -0.148. The Hall–Kier alpha value is -1.10. The molecule has 1 aliphatic heterocycles. The van der Waals surface area contributed by atoms with Gasteiger partial charge in [-0.15, -0.1) is 0 Å². The van der Waals surface area contributed by atoms with Gasteiger partial charge in [-0.3, -0.25) is 4.79 Å². The smallest absolute Gasteiger partial charge is 0.326 e. The fourth-order valence-electron chi connectivity index (χ4n) is 2.21. The van der Waals surface area contributed by atoms with Crippen LogP contribution in [0, 0.1) is 5.92 Å². The quantitative estimate of drug-likeness (QED) is 0.786. The van der Waals surface area contributed by atoms with E-state index < -0.39 is 12.0 Å². The number of hydrogen-bond acceptors (Lipinski definition) is 3. The Morgan fingerprint density at radius 2 is 2.18 bits per heavy atom. The Morgan fingerprint density at radius 1 is 1.53 bits per heavy atom. The van der Waals surface area contributed by atoms with Crippen LogP contribution in [0.5, 0.6) is 0 Å². The van der Waals surface area contributed by atoms with Gasteiger partial charge in [-0.05, 0) is 39.3 Å². The summed E-state index contributed by atoms with van der Waals surface area (Å²) in [5, 5.41) is 8.85. The topological polar surface area (TPSA) is 60.9 Å². The van der Waals surface area contributed by atoms with E-state index in [0.717, 1.165) is 25.9 Å². The molecule has 1 aliphatic rings. The predicted molar refractivity (Wildman–Crippen MR) is 64.7 cm³/mol. The molecule has 2 unspecified atom stereocenters. The van der Waals surface area contributed by atoms with Gasteiger partial charge in [-0.2, -0.15) is 0 Å². The van der Waals surface area contributed by atoms with E-state index >= 15 is 0 Å². The van der Waals surface area contributed by atoms with E-state index in [1.807, 2.05) is 0 Å². The molecule has 0 radical (unpaired) electrons. The second-order valence-corrected chi connectivity index (χ2v) is 4.99. The van der Waals surface area contributed by atoms with Crippen LogP contribution < -0.4 is 0 Å². The van der Waals surface area contributed by atoms with Crippen molar-refractivity contribution in [3.63, 3.8) is 0 Å². The third-order valence-electron chi connectivity index (χ3n) is 3.52. The second-order valence-electron chi connectivity index (χ2n) is 4.99. The fraction of sp³-hybridized carbons (Fsp3) is 0.833. The van der Waals surface area contributed by atoms with E-state index in [9.17, 15) is 9.59 Å². The number of rotatable bonds is 4. The predicted octanol–water partition coefficient (Wildman–Crippen LogP) is 0.650. The Morgan fingerprint density at radius 3 is 2.71 bits per heavy atom. The first kappa shape index (κ1) is 14.0. The third kappa shape index (κ3) is 4.00. The average molecular weight is 242 g/mol. The molecule has 1 heterocycles. The molecule has 2 atom stereocenters. The molecule has 0 saturated carbocycles. The minimum atomic E-state index is -0.957. The molecule has 0 aromatic rings. The molecule has 0 spiro atoms. The number of nitrogens with zero attached hydrogens (tertiary/aromatic N) is 2. The van der Waals surface area contributed by atoms with Crippen molar-refractivity contribution in [3.8, 4) is 0 Å². The van der Waals surface area contributed by atoms with Crippen LogP contribution in [0.3, 0.4) is 0 Å². The van der Waals surface area contributed by atoms with Gasteiger partial charge in [0.1, 0.15) is 6.04 Å². The molecule has 1 fully saturated rings. The highest BCUT2D eigenvalue weighted by atomic mass is 16.4. The van der Waals surface area contributed by atoms with Gasteiger partial charge in [0.2, 0.25) is 5.91 Å². The number of likely N-dealkylation sites (tertiary alicyclic amines) is 1. The molecule has 1 amide bonds. The van der Waals surface area contributed by atoms with Crippen molar-refractivity contribution in [2.75, 3.05) is 27.2 Å². The molecule has 5 heteroatoms. The first-order valence-electron chi connectivity index (χ1n) is 6.08. The number of carboxylic acid groups (broad SMARTS) is 1. The molecule has 0 bridgehead atoms. The fourth-order valence-corrected chi connectivity index (χ4v) is 2.21. The highest BCUT2D eigenvalue weighted by Gasteiger charge is 2.25. The van der Waals surface area contributed by atoms with Crippen molar-refractivity contribution < 1.29 is 14.7 Å². The Kier molecular flexibility index (Phi) is 4.93. The van der Waals surface area contributed by atoms with Crippen LogP contribution in [-0.4, -0.2) is 60.0 Å². The SMILES string of the molecule is CC(C(=O)O)N(C)C(=O)CC1CCCN(C)C1. The van der Waals surface area contributed by atoms with E-state index in [-0.39, 0.29) is 5.91 Å². The van der Waals surface area contributed by atoms with Crippen LogP contribution in [0.15, 0.2) is 0 Å². The van der Waals surface area contributed by atoms with Crippen LogP contribution in [0.25, 0.3) is 0 Å². The first-order valence-corrected chi connectivity index (χ1v) is 6.08. The lowest BCUT2D eigenvalue weighted by Gasteiger charge is -2.31. The van der Waals surface area contributed by atoms with Crippen molar-refractivity contribution in [1.82, 2.24) is 9.80 Å². The number of carboxylic acids is 1. The van der Waals surface area contributed by atoms with Crippen molar-refractivity contribution in [1.29, 1.82) is 0 Å². The van der Waals surface area contributed by atoms with Gasteiger partial charge in [0, 0.05) is 20.0 Å². The van der Waals surface area contributed by atoms with Crippen molar-refractivity contribution in [2.24, 2.45) is 5.92 Å². The summed E-state index contributed by atoms with van der Waals surface area (Å²) >= 11 is 0. The molecule has 1 saturated heterocycles. The first-order chi connectivity index (χ1) is 7.91. The number of carbonyl (C=O) groups is 2. The molecular formula is C12H22N2O3. The number of piperidine rings is 1. The molecule has 98 valence electrons. The van der Waals surface area contributed by atoms with Gasteiger partial charge in [-0.25, -0.2) is 4.79 Å². The summed E-state index contributed by atoms with van der Waals surface area (Å²) in [5.41, 5.74) is 0. The Balaban J connectivity index is 2.45. The van der Waals surface area contributed by atoms with Gasteiger partial charge in [0.15, 0.2) is 0 Å². The lowest BCUT2D eigenvalue weighted by Crippen LogP contribution is -2.42. The minimum absolute atomic E-state index is 0.0693. The zero-order chi connectivity index (χ0) is 13.0. The summed E-state index contributed by atoms with van der Waals surface area (Å²) in [6.45, 7) is 3.56. The Labute approximate surface area is 102 Å². The number of hydrogen-bond donors (Lipinski definition) is 1. The number of aliphatic carboxylic acids is 1. The van der Waals surface area contributed by atoms with E-state index in [4.69, 9.17) is 5.11 Å². The maximum atomic E-state index is 11.9. The summed E-state index contributed by atoms with van der Waals surface area (Å²) in [5.74, 6) is -0.661.